The highest BCUT2D eigenvalue weighted by atomic mass is 16.6. The maximum absolute atomic E-state index is 12.1. The number of nitrogens with one attached hydrogen (secondary N) is 1. The standard InChI is InChI=1S/C28H48N2O8/c1-36-24(33)17-15-13-11-9-7-5-3-2-4-6-8-10-12-14-16-20-37-26-25(34)22(21-31)38-27(26)30-19-18-23(32)29-28(30)35/h18-19,22,25-27,31,34H,2-17,20-21H2,1H3,(H,29,32,35)/t22-,25?,26?,27-/m1/s1. The number of hydrogen-bond donors (Lipinski definition) is 3. The van der Waals surface area contributed by atoms with Crippen LogP contribution in [0.2, 0.25) is 0 Å². The van der Waals surface area contributed by atoms with Crippen molar-refractivity contribution >= 4 is 5.97 Å². The van der Waals surface area contributed by atoms with Crippen LogP contribution in [0.3, 0.4) is 0 Å². The van der Waals surface area contributed by atoms with Crippen molar-refractivity contribution in [1.29, 1.82) is 0 Å². The number of hydrogen-bond acceptors (Lipinski definition) is 8. The summed E-state index contributed by atoms with van der Waals surface area (Å²) >= 11 is 0. The van der Waals surface area contributed by atoms with Gasteiger partial charge in [0.25, 0.3) is 5.56 Å². The molecule has 0 aromatic carbocycles. The summed E-state index contributed by atoms with van der Waals surface area (Å²) in [5.41, 5.74) is -1.16. The van der Waals surface area contributed by atoms with Gasteiger partial charge in [-0.2, -0.15) is 0 Å². The zero-order valence-electron chi connectivity index (χ0n) is 23.0. The fraction of sp³-hybridized carbons (Fsp3) is 0.821. The molecule has 4 atom stereocenters. The Labute approximate surface area is 225 Å². The van der Waals surface area contributed by atoms with Crippen LogP contribution in [0, 0.1) is 0 Å². The molecule has 38 heavy (non-hydrogen) atoms. The molecule has 10 nitrogen and oxygen atoms in total. The number of carbonyl (C=O) groups is 1. The molecule has 3 N–H and O–H groups in total. The van der Waals surface area contributed by atoms with E-state index < -0.39 is 42.4 Å². The van der Waals surface area contributed by atoms with Gasteiger partial charge in [0.1, 0.15) is 18.3 Å². The molecule has 1 aromatic heterocycles. The van der Waals surface area contributed by atoms with Gasteiger partial charge < -0.3 is 24.4 Å². The molecule has 1 fully saturated rings. The highest BCUT2D eigenvalue weighted by molar-refractivity contribution is 5.68. The van der Waals surface area contributed by atoms with Crippen LogP contribution in [0.4, 0.5) is 0 Å². The number of aromatic nitrogens is 2. The highest BCUT2D eigenvalue weighted by Crippen LogP contribution is 2.30. The van der Waals surface area contributed by atoms with Gasteiger partial charge in [-0.3, -0.25) is 19.1 Å². The van der Waals surface area contributed by atoms with Crippen molar-refractivity contribution in [1.82, 2.24) is 9.55 Å². The van der Waals surface area contributed by atoms with Gasteiger partial charge >= 0.3 is 11.7 Å². The van der Waals surface area contributed by atoms with Gasteiger partial charge in [-0.1, -0.05) is 83.5 Å². The van der Waals surface area contributed by atoms with Crippen LogP contribution < -0.4 is 11.2 Å². The smallest absolute Gasteiger partial charge is 0.330 e. The van der Waals surface area contributed by atoms with Crippen molar-refractivity contribution in [3.63, 3.8) is 0 Å². The van der Waals surface area contributed by atoms with Crippen LogP contribution >= 0.6 is 0 Å². The Morgan fingerprint density at radius 2 is 1.45 bits per heavy atom. The first-order valence-corrected chi connectivity index (χ1v) is 14.4. The summed E-state index contributed by atoms with van der Waals surface area (Å²) in [7, 11) is 1.44. The minimum Gasteiger partial charge on any atom is -0.469 e. The van der Waals surface area contributed by atoms with Gasteiger partial charge in [-0.05, 0) is 12.8 Å². The van der Waals surface area contributed by atoms with E-state index in [0.29, 0.717) is 13.0 Å². The van der Waals surface area contributed by atoms with E-state index in [-0.39, 0.29) is 5.97 Å². The number of unbranched alkanes of at least 4 members (excludes halogenated alkanes) is 14. The van der Waals surface area contributed by atoms with Crippen molar-refractivity contribution in [2.75, 3.05) is 20.3 Å². The summed E-state index contributed by atoms with van der Waals surface area (Å²) in [5.74, 6) is -0.106. The molecule has 2 rings (SSSR count). The Kier molecular flexibility index (Phi) is 16.2. The molecule has 1 aliphatic heterocycles. The molecule has 218 valence electrons. The second kappa shape index (κ2) is 19.1. The van der Waals surface area contributed by atoms with Crippen LogP contribution in [0.1, 0.15) is 109 Å². The number of ether oxygens (including phenoxy) is 3. The molecule has 0 saturated carbocycles. The normalized spacial score (nSPS) is 21.1. The molecule has 1 saturated heterocycles. The molecule has 0 radical (unpaired) electrons. The van der Waals surface area contributed by atoms with Gasteiger partial charge in [-0.15, -0.1) is 0 Å². The topological polar surface area (TPSA) is 140 Å². The van der Waals surface area contributed by atoms with E-state index in [0.717, 1.165) is 32.1 Å². The van der Waals surface area contributed by atoms with Gasteiger partial charge in [0.2, 0.25) is 0 Å². The minimum atomic E-state index is -1.07. The lowest BCUT2D eigenvalue weighted by Crippen LogP contribution is -2.39. The lowest BCUT2D eigenvalue weighted by atomic mass is 10.0. The third-order valence-electron chi connectivity index (χ3n) is 7.18. The molecule has 2 unspecified atom stereocenters. The molecule has 0 spiro atoms. The fourth-order valence-corrected chi connectivity index (χ4v) is 4.89. The van der Waals surface area contributed by atoms with Crippen LogP contribution in [0.25, 0.3) is 0 Å². The second-order valence-electron chi connectivity index (χ2n) is 10.2. The average molecular weight is 541 g/mol. The Hall–Kier alpha value is -2.01. The van der Waals surface area contributed by atoms with E-state index >= 15 is 0 Å². The monoisotopic (exact) mass is 540 g/mol. The number of aromatic amines is 1. The number of carbonyl (C=O) groups excluding carboxylic acids is 1. The largest absolute Gasteiger partial charge is 0.469 e. The summed E-state index contributed by atoms with van der Waals surface area (Å²) < 4.78 is 17.3. The Morgan fingerprint density at radius 1 is 0.921 bits per heavy atom. The zero-order valence-corrected chi connectivity index (χ0v) is 23.0. The molecule has 10 heteroatoms. The lowest BCUT2D eigenvalue weighted by Gasteiger charge is -2.22. The molecule has 0 aliphatic carbocycles. The predicted octanol–water partition coefficient (Wildman–Crippen LogP) is 3.59. The van der Waals surface area contributed by atoms with Gasteiger partial charge in [0, 0.05) is 25.3 Å². The van der Waals surface area contributed by atoms with Crippen molar-refractivity contribution in [2.24, 2.45) is 0 Å². The van der Waals surface area contributed by atoms with E-state index in [4.69, 9.17) is 9.47 Å². The van der Waals surface area contributed by atoms with Gasteiger partial charge in [0.05, 0.1) is 13.7 Å². The molecule has 1 aromatic rings. The fourth-order valence-electron chi connectivity index (χ4n) is 4.89. The predicted molar refractivity (Wildman–Crippen MR) is 144 cm³/mol. The number of nitrogens with zero attached hydrogens (tertiary/aromatic N) is 1. The molecular weight excluding hydrogens is 492 g/mol. The van der Waals surface area contributed by atoms with Crippen molar-refractivity contribution in [3.8, 4) is 0 Å². The Bertz CT molecular complexity index is 886. The summed E-state index contributed by atoms with van der Waals surface area (Å²) in [6, 6.07) is 1.21. The van der Waals surface area contributed by atoms with Gasteiger partial charge in [-0.25, -0.2) is 4.79 Å². The first-order chi connectivity index (χ1) is 18.5. The first-order valence-electron chi connectivity index (χ1n) is 14.4. The van der Waals surface area contributed by atoms with Crippen molar-refractivity contribution < 1.29 is 29.2 Å². The number of aliphatic hydroxyl groups excluding tert-OH is 2. The zero-order chi connectivity index (χ0) is 27.6. The summed E-state index contributed by atoms with van der Waals surface area (Å²) in [6.45, 7) is 0.0263. The Morgan fingerprint density at radius 3 is 1.95 bits per heavy atom. The third-order valence-corrected chi connectivity index (χ3v) is 7.18. The number of aliphatic hydroxyl groups is 2. The van der Waals surface area contributed by atoms with Gasteiger partial charge in [0.15, 0.2) is 6.23 Å². The summed E-state index contributed by atoms with van der Waals surface area (Å²) in [4.78, 5) is 36.7. The minimum absolute atomic E-state index is 0.106. The summed E-state index contributed by atoms with van der Waals surface area (Å²) in [5, 5.41) is 19.9. The summed E-state index contributed by atoms with van der Waals surface area (Å²) in [6.07, 6.45) is 15.9. The quantitative estimate of drug-likeness (QED) is 0.159. The van der Waals surface area contributed by atoms with E-state index in [1.54, 1.807) is 0 Å². The van der Waals surface area contributed by atoms with Crippen LogP contribution in [0.15, 0.2) is 21.9 Å². The highest BCUT2D eigenvalue weighted by Gasteiger charge is 2.45. The SMILES string of the molecule is COC(=O)CCCCCCCCCCCCCCCCCOC1C(O)[C@@H](CO)O[C@H]1n1ccc(=O)[nH]c1=O. The van der Waals surface area contributed by atoms with Crippen LogP contribution in [-0.2, 0) is 19.0 Å². The van der Waals surface area contributed by atoms with Crippen LogP contribution in [0.5, 0.6) is 0 Å². The van der Waals surface area contributed by atoms with E-state index in [2.05, 4.69) is 9.72 Å². The van der Waals surface area contributed by atoms with Crippen LogP contribution in [-0.4, -0.2) is 64.4 Å². The lowest BCUT2D eigenvalue weighted by molar-refractivity contribution is -0.140. The molecule has 2 heterocycles. The molecule has 1 aliphatic rings. The number of rotatable bonds is 21. The number of methoxy groups -OCH3 is 1. The van der Waals surface area contributed by atoms with E-state index in [9.17, 15) is 24.6 Å². The molecular formula is C28H48N2O8. The second-order valence-corrected chi connectivity index (χ2v) is 10.2. The number of H-pyrrole nitrogens is 1. The Balaban J connectivity index is 1.46. The first kappa shape index (κ1) is 32.2. The average Bonchev–Trinajstić information content (AvgIpc) is 3.22. The van der Waals surface area contributed by atoms with Crippen molar-refractivity contribution in [2.45, 2.75) is 127 Å². The maximum atomic E-state index is 12.1. The molecule has 0 bridgehead atoms. The third kappa shape index (κ3) is 11.8. The van der Waals surface area contributed by atoms with E-state index in [1.165, 1.54) is 88.1 Å². The maximum Gasteiger partial charge on any atom is 0.330 e. The van der Waals surface area contributed by atoms with Crippen molar-refractivity contribution in [3.05, 3.63) is 33.1 Å². The molecule has 0 amide bonds. The number of esters is 1. The van der Waals surface area contributed by atoms with E-state index in [1.807, 2.05) is 0 Å².